The molecular formula is C81H66F11N13O9. The van der Waals surface area contributed by atoms with Gasteiger partial charge in [-0.15, -0.1) is 0 Å². The number of hydrogen-bond acceptors (Lipinski definition) is 13. The predicted molar refractivity (Wildman–Crippen MR) is 402 cm³/mol. The van der Waals surface area contributed by atoms with E-state index < -0.39 is 124 Å². The number of aromatic nitrogens is 4. The van der Waals surface area contributed by atoms with E-state index in [4.69, 9.17) is 33.4 Å². The number of urea groups is 4. The first-order valence-electron chi connectivity index (χ1n) is 33.5. The molecule has 586 valence electrons. The first-order valence-corrected chi connectivity index (χ1v) is 33.5. The van der Waals surface area contributed by atoms with Crippen molar-refractivity contribution in [2.45, 2.75) is 54.1 Å². The Morgan fingerprint density at radius 1 is 0.325 bits per heavy atom. The normalized spacial score (nSPS) is 10.7. The minimum Gasteiger partial charge on any atom is -0.445 e. The maximum atomic E-state index is 14.7. The van der Waals surface area contributed by atoms with Crippen molar-refractivity contribution in [3.05, 3.63) is 309 Å². The largest absolute Gasteiger partial charge is 0.445 e. The summed E-state index contributed by atoms with van der Waals surface area (Å²) in [5.74, 6) is -10.4. The van der Waals surface area contributed by atoms with Gasteiger partial charge in [0.15, 0.2) is 0 Å². The fraction of sp³-hybridized carbons (Fsp3) is 0.0988. The summed E-state index contributed by atoms with van der Waals surface area (Å²) in [6, 6.07) is 38.4. The summed E-state index contributed by atoms with van der Waals surface area (Å²) in [6.45, 7) is 5.74. The second kappa shape index (κ2) is 37.0. The van der Waals surface area contributed by atoms with Crippen LogP contribution in [0.25, 0.3) is 45.0 Å². The average Bonchev–Trinajstić information content (AvgIpc) is 0.808. The number of ether oxygens (including phenoxy) is 1. The lowest BCUT2D eigenvalue weighted by Gasteiger charge is -2.22. The number of rotatable bonds is 17. The molecular weight excluding hydrogens is 1510 g/mol. The van der Waals surface area contributed by atoms with E-state index in [0.29, 0.717) is 53.1 Å². The Morgan fingerprint density at radius 3 is 0.886 bits per heavy atom. The summed E-state index contributed by atoms with van der Waals surface area (Å²) in [5.41, 5.74) is 30.3. The number of primary amides is 5. The number of nitrogens with zero attached hydrogens (tertiary/aromatic N) is 8. The number of carbonyl (C=O) groups excluding carboxylic acids is 5. The molecule has 0 aliphatic carbocycles. The topological polar surface area (TPSA) is 350 Å². The third-order valence-electron chi connectivity index (χ3n) is 16.7. The van der Waals surface area contributed by atoms with Gasteiger partial charge < -0.3 is 48.7 Å². The van der Waals surface area contributed by atoms with Crippen LogP contribution in [0.1, 0.15) is 44.5 Å². The molecule has 0 unspecified atom stereocenters. The summed E-state index contributed by atoms with van der Waals surface area (Å²) in [5, 5.41) is 28.8. The van der Waals surface area contributed by atoms with Crippen molar-refractivity contribution in [2.24, 2.45) is 28.7 Å². The number of benzene rings is 8. The molecule has 0 fully saturated rings. The number of aliphatic hydroxyl groups is 3. The zero-order chi connectivity index (χ0) is 83.1. The number of hydrogen-bond donors (Lipinski definition) is 8. The van der Waals surface area contributed by atoms with E-state index in [-0.39, 0.29) is 82.4 Å². The highest BCUT2D eigenvalue weighted by atomic mass is 19.2. The fourth-order valence-electron chi connectivity index (χ4n) is 11.5. The van der Waals surface area contributed by atoms with Crippen molar-refractivity contribution in [1.82, 2.24) is 19.9 Å². The number of aryl methyl sites for hydroxylation is 4. The Balaban J connectivity index is 0.000000174. The summed E-state index contributed by atoms with van der Waals surface area (Å²) >= 11 is 0. The van der Waals surface area contributed by atoms with Crippen molar-refractivity contribution < 1.29 is 92.3 Å². The van der Waals surface area contributed by atoms with E-state index in [9.17, 15) is 87.6 Å². The molecule has 4 aromatic heterocycles. The first-order chi connectivity index (χ1) is 54.3. The maximum absolute atomic E-state index is 14.7. The smallest absolute Gasteiger partial charge is 0.404 e. The van der Waals surface area contributed by atoms with Crippen LogP contribution in [0, 0.1) is 91.7 Å². The van der Waals surface area contributed by atoms with Gasteiger partial charge in [0.1, 0.15) is 117 Å². The van der Waals surface area contributed by atoms with E-state index in [1.54, 1.807) is 32.0 Å². The van der Waals surface area contributed by atoms with Crippen molar-refractivity contribution in [2.75, 3.05) is 19.6 Å². The molecule has 12 rings (SSSR count). The Bertz CT molecular complexity index is 5390. The van der Waals surface area contributed by atoms with E-state index in [0.717, 1.165) is 83.4 Å². The molecule has 0 radical (unpaired) electrons. The van der Waals surface area contributed by atoms with E-state index >= 15 is 0 Å². The third kappa shape index (κ3) is 19.3. The highest BCUT2D eigenvalue weighted by Gasteiger charge is 2.31. The Morgan fingerprint density at radius 2 is 0.596 bits per heavy atom. The molecule has 0 atom stereocenters. The number of amides is 9. The number of para-hydroxylation sites is 4. The van der Waals surface area contributed by atoms with Crippen molar-refractivity contribution in [3.8, 4) is 45.0 Å². The minimum absolute atomic E-state index is 0.00828. The van der Waals surface area contributed by atoms with Gasteiger partial charge >= 0.3 is 30.2 Å². The van der Waals surface area contributed by atoms with Crippen LogP contribution in [0.2, 0.25) is 0 Å². The van der Waals surface area contributed by atoms with Gasteiger partial charge in [0.05, 0.1) is 42.6 Å². The maximum Gasteiger partial charge on any atom is 0.404 e. The Hall–Kier alpha value is -14.2. The SMILES string of the molecule is Cc1ccc(-c2nc(N(C(N)=O)c3c(F)cccc3F)ccc2CO)c(C)c1.Cc1ccc(-c2nc(N(C(N)=O)c3c(F)cccc3F)ccc2CO)c(F)c1.Cc1ccc(-c2nc(N(C(N)=O)c3c(F)cccc3F)ccc2COC(N)=O)c(F)c1.NC(=O)N(c1ccc(CO)c(-c2ccc(F)cc2)n1)c1c(F)cccc1F. The molecule has 13 N–H and O–H groups in total. The lowest BCUT2D eigenvalue weighted by molar-refractivity contribution is 0.150. The lowest BCUT2D eigenvalue weighted by Crippen LogP contribution is -2.33. The minimum atomic E-state index is -1.21. The van der Waals surface area contributed by atoms with Gasteiger partial charge in [0.2, 0.25) is 0 Å². The lowest BCUT2D eigenvalue weighted by atomic mass is 9.99. The molecule has 4 heterocycles. The molecule has 8 aromatic carbocycles. The molecule has 12 aromatic rings. The van der Waals surface area contributed by atoms with Crippen LogP contribution >= 0.6 is 0 Å². The molecule has 0 bridgehead atoms. The monoisotopic (exact) mass is 1570 g/mol. The van der Waals surface area contributed by atoms with Crippen LogP contribution in [0.4, 0.5) is 118 Å². The van der Waals surface area contributed by atoms with Gasteiger partial charge in [-0.25, -0.2) is 112 Å². The molecule has 22 nitrogen and oxygen atoms in total. The molecule has 0 spiro atoms. The van der Waals surface area contributed by atoms with Gasteiger partial charge in [0.25, 0.3) is 0 Å². The summed E-state index contributed by atoms with van der Waals surface area (Å²) in [7, 11) is 0. The average molecular weight is 1570 g/mol. The number of nitrogens with two attached hydrogens (primary N) is 5. The van der Waals surface area contributed by atoms with Crippen molar-refractivity contribution >= 4 is 76.2 Å². The highest BCUT2D eigenvalue weighted by molar-refractivity contribution is 6.01. The molecule has 0 aliphatic rings. The third-order valence-corrected chi connectivity index (χ3v) is 16.7. The fourth-order valence-corrected chi connectivity index (χ4v) is 11.5. The van der Waals surface area contributed by atoms with Gasteiger partial charge in [-0.2, -0.15) is 0 Å². The van der Waals surface area contributed by atoms with Crippen LogP contribution in [0.15, 0.2) is 200 Å². The number of aliphatic hydroxyl groups excluding tert-OH is 3. The summed E-state index contributed by atoms with van der Waals surface area (Å²) in [6.07, 6.45) is -1.06. The zero-order valence-corrected chi connectivity index (χ0v) is 60.3. The van der Waals surface area contributed by atoms with Crippen molar-refractivity contribution in [3.63, 3.8) is 0 Å². The van der Waals surface area contributed by atoms with E-state index in [1.165, 1.54) is 97.1 Å². The molecule has 0 saturated heterocycles. The van der Waals surface area contributed by atoms with Crippen LogP contribution in [0.5, 0.6) is 0 Å². The molecule has 0 aliphatic heterocycles. The summed E-state index contributed by atoms with van der Waals surface area (Å²) < 4.78 is 161. The van der Waals surface area contributed by atoms with Gasteiger partial charge in [-0.3, -0.25) is 0 Å². The Kier molecular flexibility index (Phi) is 27.2. The molecule has 0 saturated carbocycles. The molecule has 9 amide bonds. The number of pyridine rings is 4. The molecule has 114 heavy (non-hydrogen) atoms. The number of carbonyl (C=O) groups is 5. The van der Waals surface area contributed by atoms with E-state index in [1.807, 2.05) is 32.0 Å². The molecule has 33 heteroatoms. The Labute approximate surface area is 642 Å². The number of halogens is 11. The van der Waals surface area contributed by atoms with Crippen LogP contribution in [-0.4, -0.2) is 65.5 Å². The van der Waals surface area contributed by atoms with Crippen LogP contribution < -0.4 is 48.3 Å². The second-order valence-corrected chi connectivity index (χ2v) is 24.6. The zero-order valence-electron chi connectivity index (χ0n) is 60.3. The first kappa shape index (κ1) is 83.9. The van der Waals surface area contributed by atoms with Gasteiger partial charge in [-0.05, 0) is 172 Å². The van der Waals surface area contributed by atoms with Crippen LogP contribution in [-0.2, 0) is 31.2 Å². The highest BCUT2D eigenvalue weighted by Crippen LogP contribution is 2.39. The number of anilines is 8. The standard InChI is InChI=1S/C21H17F3N4O3.C21H19F2N3O2.C20H16F3N3O2.C19H14F3N3O2/c1-11-5-7-13(16(24)9-11)18-12(10-31-21(26)30)6-8-17(27-18)28(20(25)29)19-14(22)3-2-4-15(19)23;1-12-6-8-15(13(2)10-12)19-14(11-27)7-9-18(25-19)26(21(24)28)20-16(22)4-3-5-17(20)23;1-11-5-7-13(16(23)9-11)18-12(10-27)6-8-17(25-18)26(20(24)28)19-14(21)3-2-4-15(19)22;20-13-7-4-11(5-8-13)17-12(10-26)6-9-16(24-17)25(19(23)27)18-14(21)2-1-3-15(18)22/h2-9H,10H2,1H3,(H2,25,29)(H2,26,30);3-10,27H,11H2,1-2H3,(H2,24,28);2-9,27H,10H2,1H3,(H2,24,28);1-9,26H,10H2,(H2,23,27). The van der Waals surface area contributed by atoms with E-state index in [2.05, 4.69) is 19.9 Å². The predicted octanol–water partition coefficient (Wildman–Crippen LogP) is 16.7. The van der Waals surface area contributed by atoms with Crippen LogP contribution in [0.3, 0.4) is 0 Å². The van der Waals surface area contributed by atoms with Crippen molar-refractivity contribution in [1.29, 1.82) is 0 Å². The van der Waals surface area contributed by atoms with Gasteiger partial charge in [-0.1, -0.05) is 78.4 Å². The summed E-state index contributed by atoms with van der Waals surface area (Å²) in [4.78, 5) is 78.4. The van der Waals surface area contributed by atoms with Gasteiger partial charge in [0, 0.05) is 44.5 Å². The quantitative estimate of drug-likeness (QED) is 0.0394. The second-order valence-electron chi connectivity index (χ2n) is 24.6.